The maximum absolute atomic E-state index is 12.5. The number of ketones is 1. The lowest BCUT2D eigenvalue weighted by atomic mass is 10.1. The van der Waals surface area contributed by atoms with Crippen LogP contribution in [0.4, 0.5) is 5.69 Å². The molecule has 0 fully saturated rings. The zero-order chi connectivity index (χ0) is 19.0. The molecule has 6 nitrogen and oxygen atoms in total. The van der Waals surface area contributed by atoms with Gasteiger partial charge >= 0.3 is 5.97 Å². The fraction of sp³-hybridized carbons (Fsp3) is 0.111. The van der Waals surface area contributed by atoms with Crippen molar-refractivity contribution in [3.8, 4) is 0 Å². The number of anilines is 1. The molecule has 0 bridgehead atoms. The van der Waals surface area contributed by atoms with Crippen LogP contribution in [-0.2, 0) is 9.53 Å². The van der Waals surface area contributed by atoms with E-state index in [1.165, 1.54) is 43.3 Å². The second-order valence-corrected chi connectivity index (χ2v) is 6.40. The maximum Gasteiger partial charge on any atom is 0.338 e. The summed E-state index contributed by atoms with van der Waals surface area (Å²) < 4.78 is 4.81. The van der Waals surface area contributed by atoms with Gasteiger partial charge in [0.1, 0.15) is 6.61 Å². The molecule has 132 valence electrons. The third-order valence-electron chi connectivity index (χ3n) is 3.70. The van der Waals surface area contributed by atoms with Crippen molar-refractivity contribution in [3.63, 3.8) is 0 Å². The summed E-state index contributed by atoms with van der Waals surface area (Å²) in [5, 5.41) is 0.356. The van der Waals surface area contributed by atoms with E-state index in [0.717, 1.165) is 4.90 Å². The molecule has 3 rings (SSSR count). The van der Waals surface area contributed by atoms with E-state index < -0.39 is 17.8 Å². The number of halogens is 2. The van der Waals surface area contributed by atoms with Crippen LogP contribution in [0.25, 0.3) is 0 Å². The lowest BCUT2D eigenvalue weighted by Crippen LogP contribution is -2.29. The number of imide groups is 1. The van der Waals surface area contributed by atoms with Crippen LogP contribution < -0.4 is 4.90 Å². The van der Waals surface area contributed by atoms with E-state index in [9.17, 15) is 19.2 Å². The average Bonchev–Trinajstić information content (AvgIpc) is 2.84. The smallest absolute Gasteiger partial charge is 0.338 e. The second-order valence-electron chi connectivity index (χ2n) is 5.58. The molecule has 2 aromatic rings. The Balaban J connectivity index is 1.86. The van der Waals surface area contributed by atoms with Gasteiger partial charge in [-0.3, -0.25) is 14.4 Å². The van der Waals surface area contributed by atoms with Crippen molar-refractivity contribution in [2.24, 2.45) is 0 Å². The molecular weight excluding hydrogens is 381 g/mol. The molecule has 0 saturated heterocycles. The van der Waals surface area contributed by atoms with Gasteiger partial charge in [-0.2, -0.15) is 0 Å². The molecule has 26 heavy (non-hydrogen) atoms. The summed E-state index contributed by atoms with van der Waals surface area (Å²) in [5.74, 6) is -2.02. The van der Waals surface area contributed by atoms with Crippen molar-refractivity contribution in [2.75, 3.05) is 11.5 Å². The van der Waals surface area contributed by atoms with Crippen LogP contribution in [0.3, 0.4) is 0 Å². The first-order valence-corrected chi connectivity index (χ1v) is 8.19. The zero-order valence-electron chi connectivity index (χ0n) is 13.4. The van der Waals surface area contributed by atoms with E-state index in [4.69, 9.17) is 27.9 Å². The topological polar surface area (TPSA) is 80.8 Å². The van der Waals surface area contributed by atoms with E-state index in [1.807, 2.05) is 0 Å². The van der Waals surface area contributed by atoms with Crippen LogP contribution >= 0.6 is 23.2 Å². The van der Waals surface area contributed by atoms with Crippen LogP contribution in [0.15, 0.2) is 36.4 Å². The fourth-order valence-electron chi connectivity index (χ4n) is 2.47. The molecule has 0 radical (unpaired) electrons. The van der Waals surface area contributed by atoms with Crippen molar-refractivity contribution < 1.29 is 23.9 Å². The molecule has 0 unspecified atom stereocenters. The summed E-state index contributed by atoms with van der Waals surface area (Å²) in [6.07, 6.45) is 0. The van der Waals surface area contributed by atoms with Crippen LogP contribution in [0.5, 0.6) is 0 Å². The van der Waals surface area contributed by atoms with Gasteiger partial charge in [0.15, 0.2) is 5.78 Å². The molecule has 0 aliphatic carbocycles. The number of hydrogen-bond acceptors (Lipinski definition) is 5. The highest BCUT2D eigenvalue weighted by molar-refractivity contribution is 6.44. The van der Waals surface area contributed by atoms with Gasteiger partial charge in [0.2, 0.25) is 0 Å². The van der Waals surface area contributed by atoms with Gasteiger partial charge in [0.05, 0.1) is 32.4 Å². The minimum atomic E-state index is -0.673. The van der Waals surface area contributed by atoms with Crippen molar-refractivity contribution in [3.05, 3.63) is 63.1 Å². The normalized spacial score (nSPS) is 13.0. The van der Waals surface area contributed by atoms with Crippen LogP contribution in [0, 0.1) is 0 Å². The first kappa shape index (κ1) is 18.1. The molecule has 0 aromatic heterocycles. The third-order valence-corrected chi connectivity index (χ3v) is 4.42. The quantitative estimate of drug-likeness (QED) is 0.587. The lowest BCUT2D eigenvalue weighted by molar-refractivity contribution is -0.120. The first-order valence-electron chi connectivity index (χ1n) is 7.44. The Kier molecular flexibility index (Phi) is 4.80. The Labute approximate surface area is 158 Å². The number of carbonyl (C=O) groups is 4. The van der Waals surface area contributed by atoms with E-state index in [0.29, 0.717) is 0 Å². The highest BCUT2D eigenvalue weighted by atomic mass is 35.5. The first-order chi connectivity index (χ1) is 12.3. The molecule has 1 aliphatic rings. The van der Waals surface area contributed by atoms with Crippen molar-refractivity contribution >= 4 is 52.5 Å². The summed E-state index contributed by atoms with van der Waals surface area (Å²) in [7, 11) is 0. The zero-order valence-corrected chi connectivity index (χ0v) is 14.9. The largest absolute Gasteiger partial charge is 0.454 e. The van der Waals surface area contributed by atoms with Gasteiger partial charge < -0.3 is 4.74 Å². The van der Waals surface area contributed by atoms with Gasteiger partial charge in [-0.05, 0) is 43.3 Å². The molecule has 0 N–H and O–H groups in total. The number of Topliss-reactive ketones (excluding diaryl/α,β-unsaturated/α-hetero) is 1. The number of carbonyl (C=O) groups excluding carboxylic acids is 4. The van der Waals surface area contributed by atoms with Crippen molar-refractivity contribution in [2.45, 2.75) is 6.92 Å². The molecule has 0 saturated carbocycles. The van der Waals surface area contributed by atoms with Gasteiger partial charge in [-0.1, -0.05) is 23.2 Å². The van der Waals surface area contributed by atoms with E-state index >= 15 is 0 Å². The molecule has 1 aliphatic heterocycles. The third kappa shape index (κ3) is 3.21. The van der Waals surface area contributed by atoms with Gasteiger partial charge in [0, 0.05) is 0 Å². The number of fused-ring (bicyclic) bond motifs is 1. The Hall–Kier alpha value is -2.70. The summed E-state index contributed by atoms with van der Waals surface area (Å²) in [6.45, 7) is 0.984. The molecule has 0 atom stereocenters. The summed E-state index contributed by atoms with van der Waals surface area (Å²) >= 11 is 11.8. The molecular formula is C18H11Cl2NO5. The minimum absolute atomic E-state index is 0.161. The summed E-state index contributed by atoms with van der Waals surface area (Å²) in [4.78, 5) is 48.7. The van der Waals surface area contributed by atoms with E-state index in [1.54, 1.807) is 0 Å². The second kappa shape index (κ2) is 6.90. The molecule has 0 spiro atoms. The van der Waals surface area contributed by atoms with E-state index in [-0.39, 0.29) is 44.8 Å². The number of rotatable bonds is 4. The molecule has 8 heteroatoms. The fourth-order valence-corrected chi connectivity index (χ4v) is 2.79. The lowest BCUT2D eigenvalue weighted by Gasteiger charge is -2.14. The highest BCUT2D eigenvalue weighted by Crippen LogP contribution is 2.34. The number of hydrogen-bond donors (Lipinski definition) is 0. The number of benzene rings is 2. The number of ether oxygens (including phenoxy) is 1. The van der Waals surface area contributed by atoms with Crippen LogP contribution in [-0.4, -0.2) is 30.2 Å². The minimum Gasteiger partial charge on any atom is -0.454 e. The van der Waals surface area contributed by atoms with Crippen molar-refractivity contribution in [1.82, 2.24) is 0 Å². The summed E-state index contributed by atoms with van der Waals surface area (Å²) in [6, 6.07) is 8.40. The van der Waals surface area contributed by atoms with Gasteiger partial charge in [0.25, 0.3) is 11.8 Å². The maximum atomic E-state index is 12.5. The summed E-state index contributed by atoms with van der Waals surface area (Å²) in [5.41, 5.74) is 0.799. The Bertz CT molecular complexity index is 912. The molecule has 1 heterocycles. The monoisotopic (exact) mass is 391 g/mol. The van der Waals surface area contributed by atoms with Gasteiger partial charge in [-0.25, -0.2) is 9.69 Å². The Morgan fingerprint density at radius 1 is 0.962 bits per heavy atom. The Morgan fingerprint density at radius 2 is 1.46 bits per heavy atom. The number of amides is 2. The number of nitrogens with zero attached hydrogens (tertiary/aromatic N) is 1. The predicted octanol–water partition coefficient (Wildman–Crippen LogP) is 3.54. The van der Waals surface area contributed by atoms with Gasteiger partial charge in [-0.15, -0.1) is 0 Å². The predicted molar refractivity (Wildman–Crippen MR) is 95.0 cm³/mol. The SMILES string of the molecule is CC(=O)COC(=O)c1ccc(N2C(=O)c3cc(Cl)c(Cl)cc3C2=O)cc1. The highest BCUT2D eigenvalue weighted by Gasteiger charge is 2.37. The molecule has 2 aromatic carbocycles. The van der Waals surface area contributed by atoms with Crippen LogP contribution in [0.1, 0.15) is 38.0 Å². The standard InChI is InChI=1S/C18H11Cl2NO5/c1-9(22)8-26-18(25)10-2-4-11(5-3-10)21-16(23)12-6-14(19)15(20)7-13(12)17(21)24/h2-7H,8H2,1H3. The average molecular weight is 392 g/mol. The van der Waals surface area contributed by atoms with Crippen LogP contribution in [0.2, 0.25) is 10.0 Å². The van der Waals surface area contributed by atoms with E-state index in [2.05, 4.69) is 0 Å². The Morgan fingerprint density at radius 3 is 1.92 bits per heavy atom. The number of esters is 1. The van der Waals surface area contributed by atoms with Crippen molar-refractivity contribution in [1.29, 1.82) is 0 Å². The molecule has 2 amide bonds.